The maximum absolute atomic E-state index is 12.3. The molecule has 4 heteroatoms. The summed E-state index contributed by atoms with van der Waals surface area (Å²) in [6.07, 6.45) is 6.17. The number of nitrogens with zero attached hydrogens (tertiary/aromatic N) is 1. The molecule has 0 aliphatic rings. The number of hydrogen-bond donors (Lipinski definition) is 1. The Kier molecular flexibility index (Phi) is 8.92. The minimum Gasteiger partial charge on any atom is -0.493 e. The third kappa shape index (κ3) is 6.79. The second-order valence-electron chi connectivity index (χ2n) is 6.50. The predicted octanol–water partition coefficient (Wildman–Crippen LogP) is 5.35. The summed E-state index contributed by atoms with van der Waals surface area (Å²) in [5.74, 6) is 0.544. The Balaban J connectivity index is 2.11. The average Bonchev–Trinajstić information content (AvgIpc) is 2.71. The normalized spacial score (nSPS) is 10.2. The number of amides is 1. The van der Waals surface area contributed by atoms with Gasteiger partial charge >= 0.3 is 0 Å². The first kappa shape index (κ1) is 20.5. The first-order chi connectivity index (χ1) is 13.3. The summed E-state index contributed by atoms with van der Waals surface area (Å²) < 4.78 is 6.06. The van der Waals surface area contributed by atoms with Crippen LogP contribution in [0, 0.1) is 11.3 Å². The van der Waals surface area contributed by atoms with E-state index in [1.807, 2.05) is 42.5 Å². The quantitative estimate of drug-likeness (QED) is 0.547. The lowest BCUT2D eigenvalue weighted by atomic mass is 10.0. The zero-order chi connectivity index (χ0) is 19.3. The van der Waals surface area contributed by atoms with E-state index in [0.29, 0.717) is 25.1 Å². The smallest absolute Gasteiger partial charge is 0.251 e. The van der Waals surface area contributed by atoms with Crippen molar-refractivity contribution in [1.29, 1.82) is 5.26 Å². The summed E-state index contributed by atoms with van der Waals surface area (Å²) in [6, 6.07) is 17.6. The molecular formula is C23H28N2O2. The van der Waals surface area contributed by atoms with Gasteiger partial charge in [-0.25, -0.2) is 0 Å². The first-order valence-electron chi connectivity index (χ1n) is 9.73. The van der Waals surface area contributed by atoms with E-state index in [-0.39, 0.29) is 5.91 Å². The van der Waals surface area contributed by atoms with E-state index in [1.165, 1.54) is 19.3 Å². The molecule has 0 bridgehead atoms. The van der Waals surface area contributed by atoms with Crippen molar-refractivity contribution in [3.63, 3.8) is 0 Å². The minimum absolute atomic E-state index is 0.183. The van der Waals surface area contributed by atoms with Gasteiger partial charge in [0.05, 0.1) is 19.1 Å². The van der Waals surface area contributed by atoms with Crippen LogP contribution >= 0.6 is 0 Å². The van der Waals surface area contributed by atoms with Crippen molar-refractivity contribution in [3.8, 4) is 22.9 Å². The molecule has 0 radical (unpaired) electrons. The molecule has 0 saturated heterocycles. The molecule has 0 spiro atoms. The molecule has 4 nitrogen and oxygen atoms in total. The fourth-order valence-electron chi connectivity index (χ4n) is 2.86. The molecule has 0 fully saturated rings. The van der Waals surface area contributed by atoms with Crippen molar-refractivity contribution in [2.75, 3.05) is 13.2 Å². The van der Waals surface area contributed by atoms with Crippen LogP contribution in [-0.2, 0) is 0 Å². The van der Waals surface area contributed by atoms with E-state index in [1.54, 1.807) is 12.1 Å². The molecule has 0 aliphatic carbocycles. The fraction of sp³-hybridized carbons (Fsp3) is 0.391. The lowest BCUT2D eigenvalue weighted by molar-refractivity contribution is 0.0954. The van der Waals surface area contributed by atoms with E-state index < -0.39 is 0 Å². The Hall–Kier alpha value is -2.80. The number of carbonyl (C=O) groups excluding carboxylic acids is 1. The van der Waals surface area contributed by atoms with E-state index in [4.69, 9.17) is 10.00 Å². The molecule has 27 heavy (non-hydrogen) atoms. The van der Waals surface area contributed by atoms with Gasteiger partial charge in [-0.2, -0.15) is 5.26 Å². The summed E-state index contributed by atoms with van der Waals surface area (Å²) in [6.45, 7) is 3.20. The molecule has 1 N–H and O–H groups in total. The summed E-state index contributed by atoms with van der Waals surface area (Å²) in [5, 5.41) is 11.4. The molecule has 142 valence electrons. The van der Waals surface area contributed by atoms with Crippen LogP contribution in [0.2, 0.25) is 0 Å². The number of ether oxygens (including phenoxy) is 1. The summed E-state index contributed by atoms with van der Waals surface area (Å²) in [5.41, 5.74) is 2.60. The Bertz CT molecular complexity index is 751. The Labute approximate surface area is 162 Å². The topological polar surface area (TPSA) is 62.1 Å². The maximum Gasteiger partial charge on any atom is 0.251 e. The molecule has 0 unspecified atom stereocenters. The van der Waals surface area contributed by atoms with Gasteiger partial charge in [-0.05, 0) is 30.2 Å². The predicted molar refractivity (Wildman–Crippen MR) is 109 cm³/mol. The number of nitriles is 1. The molecule has 0 saturated carbocycles. The van der Waals surface area contributed by atoms with Crippen molar-refractivity contribution in [2.45, 2.75) is 45.4 Å². The van der Waals surface area contributed by atoms with Gasteiger partial charge in [-0.15, -0.1) is 0 Å². The number of carbonyl (C=O) groups is 1. The van der Waals surface area contributed by atoms with E-state index in [2.05, 4.69) is 12.2 Å². The summed E-state index contributed by atoms with van der Waals surface area (Å²) in [4.78, 5) is 12.3. The zero-order valence-electron chi connectivity index (χ0n) is 16.0. The minimum atomic E-state index is -0.183. The average molecular weight is 364 g/mol. The lowest BCUT2D eigenvalue weighted by Crippen LogP contribution is -2.24. The Morgan fingerprint density at radius 3 is 2.59 bits per heavy atom. The van der Waals surface area contributed by atoms with Crippen molar-refractivity contribution >= 4 is 5.91 Å². The molecule has 1 amide bonds. The monoisotopic (exact) mass is 364 g/mol. The van der Waals surface area contributed by atoms with Gasteiger partial charge in [0.15, 0.2) is 0 Å². The second-order valence-corrected chi connectivity index (χ2v) is 6.50. The number of rotatable bonds is 11. The van der Waals surface area contributed by atoms with Crippen molar-refractivity contribution in [1.82, 2.24) is 5.32 Å². The van der Waals surface area contributed by atoms with Gasteiger partial charge in [-0.3, -0.25) is 4.79 Å². The SMILES string of the molecule is CCCCCCCOc1cc(C(=O)NCCC#N)ccc1-c1ccccc1. The van der Waals surface area contributed by atoms with E-state index in [9.17, 15) is 4.79 Å². The Morgan fingerprint density at radius 1 is 1.07 bits per heavy atom. The first-order valence-corrected chi connectivity index (χ1v) is 9.73. The highest BCUT2D eigenvalue weighted by atomic mass is 16.5. The van der Waals surface area contributed by atoms with Crippen LogP contribution < -0.4 is 10.1 Å². The maximum atomic E-state index is 12.3. The molecular weight excluding hydrogens is 336 g/mol. The third-order valence-electron chi connectivity index (χ3n) is 4.36. The molecule has 2 aromatic rings. The van der Waals surface area contributed by atoms with E-state index in [0.717, 1.165) is 29.7 Å². The van der Waals surface area contributed by atoms with Crippen molar-refractivity contribution in [2.24, 2.45) is 0 Å². The molecule has 0 atom stereocenters. The number of hydrogen-bond acceptors (Lipinski definition) is 3. The van der Waals surface area contributed by atoms with Gasteiger partial charge < -0.3 is 10.1 Å². The molecule has 2 aromatic carbocycles. The third-order valence-corrected chi connectivity index (χ3v) is 4.36. The number of nitrogens with one attached hydrogen (secondary N) is 1. The number of benzene rings is 2. The Morgan fingerprint density at radius 2 is 1.85 bits per heavy atom. The zero-order valence-corrected chi connectivity index (χ0v) is 16.0. The van der Waals surface area contributed by atoms with Crippen molar-refractivity contribution < 1.29 is 9.53 Å². The van der Waals surface area contributed by atoms with Gasteiger partial charge in [-0.1, -0.05) is 62.9 Å². The number of unbranched alkanes of at least 4 members (excludes halogenated alkanes) is 4. The van der Waals surface area contributed by atoms with Crippen LogP contribution in [-0.4, -0.2) is 19.1 Å². The van der Waals surface area contributed by atoms with Crippen LogP contribution in [0.5, 0.6) is 5.75 Å². The largest absolute Gasteiger partial charge is 0.493 e. The highest BCUT2D eigenvalue weighted by Crippen LogP contribution is 2.31. The van der Waals surface area contributed by atoms with Gasteiger partial charge in [0, 0.05) is 17.7 Å². The highest BCUT2D eigenvalue weighted by Gasteiger charge is 2.12. The molecule has 0 aliphatic heterocycles. The van der Waals surface area contributed by atoms with Crippen LogP contribution in [0.15, 0.2) is 48.5 Å². The molecule has 0 heterocycles. The standard InChI is InChI=1S/C23H28N2O2/c1-2-3-4-5-9-17-27-22-18-20(23(26)25-16-10-15-24)13-14-21(22)19-11-7-6-8-12-19/h6-8,11-14,18H,2-5,9-10,16-17H2,1H3,(H,25,26). The van der Waals surface area contributed by atoms with Crippen LogP contribution in [0.25, 0.3) is 11.1 Å². The van der Waals surface area contributed by atoms with Gasteiger partial charge in [0.1, 0.15) is 5.75 Å². The van der Waals surface area contributed by atoms with Crippen molar-refractivity contribution in [3.05, 3.63) is 54.1 Å². The van der Waals surface area contributed by atoms with Crippen LogP contribution in [0.1, 0.15) is 55.8 Å². The molecule has 2 rings (SSSR count). The summed E-state index contributed by atoms with van der Waals surface area (Å²) >= 11 is 0. The van der Waals surface area contributed by atoms with E-state index >= 15 is 0 Å². The van der Waals surface area contributed by atoms with Crippen LogP contribution in [0.3, 0.4) is 0 Å². The molecule has 0 aromatic heterocycles. The lowest BCUT2D eigenvalue weighted by Gasteiger charge is -2.14. The summed E-state index contributed by atoms with van der Waals surface area (Å²) in [7, 11) is 0. The van der Waals surface area contributed by atoms with Gasteiger partial charge in [0.25, 0.3) is 5.91 Å². The highest BCUT2D eigenvalue weighted by molar-refractivity contribution is 5.95. The van der Waals surface area contributed by atoms with Crippen LogP contribution in [0.4, 0.5) is 0 Å². The van der Waals surface area contributed by atoms with Gasteiger partial charge in [0.2, 0.25) is 0 Å². The second kappa shape index (κ2) is 11.7. The fourth-order valence-corrected chi connectivity index (χ4v) is 2.86.